The van der Waals surface area contributed by atoms with Gasteiger partial charge in [0.1, 0.15) is 0 Å². The predicted molar refractivity (Wildman–Crippen MR) is 88.2 cm³/mol. The third-order valence-electron chi connectivity index (χ3n) is 3.20. The van der Waals surface area contributed by atoms with Crippen LogP contribution < -0.4 is 0 Å². The van der Waals surface area contributed by atoms with Gasteiger partial charge in [-0.2, -0.15) is 0 Å². The van der Waals surface area contributed by atoms with E-state index >= 15 is 0 Å². The highest BCUT2D eigenvalue weighted by Crippen LogP contribution is 2.24. The number of esters is 1. The van der Waals surface area contributed by atoms with Gasteiger partial charge in [0.15, 0.2) is 5.16 Å². The van der Waals surface area contributed by atoms with Crippen LogP contribution in [0.25, 0.3) is 11.0 Å². The Morgan fingerprint density at radius 1 is 1.36 bits per heavy atom. The molecule has 0 unspecified atom stereocenters. The minimum absolute atomic E-state index is 0.129. The van der Waals surface area contributed by atoms with E-state index in [1.165, 1.54) is 0 Å². The summed E-state index contributed by atoms with van der Waals surface area (Å²) in [5.74, 6) is 0.714. The molecule has 0 aliphatic heterocycles. The molecule has 1 heterocycles. The summed E-state index contributed by atoms with van der Waals surface area (Å²) in [6, 6.07) is 8.09. The fourth-order valence-electron chi connectivity index (χ4n) is 2.18. The number of carbonyl (C=O) groups excluding carboxylic acids is 1. The molecule has 0 fully saturated rings. The Hall–Kier alpha value is -1.53. The molecule has 0 amide bonds. The number of rotatable bonds is 9. The van der Waals surface area contributed by atoms with Crippen LogP contribution in [0.5, 0.6) is 0 Å². The first kappa shape index (κ1) is 16.8. The van der Waals surface area contributed by atoms with Gasteiger partial charge < -0.3 is 14.0 Å². The van der Waals surface area contributed by atoms with Crippen LogP contribution in [0, 0.1) is 0 Å². The third-order valence-corrected chi connectivity index (χ3v) is 4.26. The van der Waals surface area contributed by atoms with Crippen molar-refractivity contribution in [3.8, 4) is 0 Å². The van der Waals surface area contributed by atoms with Gasteiger partial charge in [-0.25, -0.2) is 4.98 Å². The quantitative estimate of drug-likeness (QED) is 0.403. The minimum Gasteiger partial charge on any atom is -0.466 e. The van der Waals surface area contributed by atoms with Crippen LogP contribution in [0.4, 0.5) is 0 Å². The number of para-hydroxylation sites is 2. The Labute approximate surface area is 135 Å². The van der Waals surface area contributed by atoms with E-state index in [2.05, 4.69) is 15.6 Å². The largest absolute Gasteiger partial charge is 0.466 e. The lowest BCUT2D eigenvalue weighted by Gasteiger charge is -2.08. The van der Waals surface area contributed by atoms with Gasteiger partial charge in [-0.15, -0.1) is 0 Å². The second kappa shape index (κ2) is 8.80. The number of ether oxygens (including phenoxy) is 2. The molecule has 2 rings (SSSR count). The fourth-order valence-corrected chi connectivity index (χ4v) is 3.15. The molecular weight excluding hydrogens is 300 g/mol. The van der Waals surface area contributed by atoms with Crippen molar-refractivity contribution in [2.75, 3.05) is 26.1 Å². The van der Waals surface area contributed by atoms with Gasteiger partial charge in [-0.3, -0.25) is 4.79 Å². The zero-order chi connectivity index (χ0) is 15.8. The highest BCUT2D eigenvalue weighted by atomic mass is 32.2. The Bertz CT molecular complexity index is 612. The number of nitrogens with zero attached hydrogens (tertiary/aromatic N) is 2. The predicted octanol–water partition coefficient (Wildman–Crippen LogP) is 3.12. The van der Waals surface area contributed by atoms with Gasteiger partial charge in [0.25, 0.3) is 0 Å². The number of methoxy groups -OCH3 is 1. The smallest absolute Gasteiger partial charge is 0.305 e. The normalized spacial score (nSPS) is 11.0. The first-order valence-corrected chi connectivity index (χ1v) is 8.47. The molecule has 22 heavy (non-hydrogen) atoms. The van der Waals surface area contributed by atoms with E-state index in [0.29, 0.717) is 19.6 Å². The second-order valence-electron chi connectivity index (χ2n) is 4.78. The highest BCUT2D eigenvalue weighted by Gasteiger charge is 2.11. The first-order valence-electron chi connectivity index (χ1n) is 7.49. The molecule has 120 valence electrons. The molecule has 1 aromatic heterocycles. The Balaban J connectivity index is 1.98. The number of hydrogen-bond donors (Lipinski definition) is 0. The molecular formula is C16H22N2O3S. The Morgan fingerprint density at radius 2 is 2.18 bits per heavy atom. The molecule has 0 N–H and O–H groups in total. The van der Waals surface area contributed by atoms with Crippen molar-refractivity contribution in [3.05, 3.63) is 24.3 Å². The lowest BCUT2D eigenvalue weighted by molar-refractivity contribution is -0.143. The van der Waals surface area contributed by atoms with Gasteiger partial charge in [-0.05, 0) is 25.5 Å². The number of carbonyl (C=O) groups is 1. The standard InChI is InChI=1S/C16H22N2O3S/c1-3-21-15(19)9-6-12-22-16-17-13-7-4-5-8-14(13)18(16)10-11-20-2/h4-5,7-8H,3,6,9-12H2,1-2H3. The van der Waals surface area contributed by atoms with E-state index < -0.39 is 0 Å². The van der Waals surface area contributed by atoms with Gasteiger partial charge in [-0.1, -0.05) is 23.9 Å². The monoisotopic (exact) mass is 322 g/mol. The van der Waals surface area contributed by atoms with Gasteiger partial charge in [0.2, 0.25) is 0 Å². The summed E-state index contributed by atoms with van der Waals surface area (Å²) in [6.45, 7) is 3.69. The maximum atomic E-state index is 11.3. The van der Waals surface area contributed by atoms with Crippen LogP contribution in [0.15, 0.2) is 29.4 Å². The van der Waals surface area contributed by atoms with E-state index in [1.807, 2.05) is 25.1 Å². The summed E-state index contributed by atoms with van der Waals surface area (Å²) < 4.78 is 12.3. The third kappa shape index (κ3) is 4.48. The summed E-state index contributed by atoms with van der Waals surface area (Å²) in [5.41, 5.74) is 2.11. The Morgan fingerprint density at radius 3 is 2.95 bits per heavy atom. The topological polar surface area (TPSA) is 53.3 Å². The van der Waals surface area contributed by atoms with Gasteiger partial charge in [0, 0.05) is 25.8 Å². The SMILES string of the molecule is CCOC(=O)CCCSc1nc2ccccc2n1CCOC. The van der Waals surface area contributed by atoms with E-state index in [9.17, 15) is 4.79 Å². The van der Waals surface area contributed by atoms with Crippen LogP contribution in [0.1, 0.15) is 19.8 Å². The van der Waals surface area contributed by atoms with Crippen LogP contribution in [-0.2, 0) is 20.8 Å². The average molecular weight is 322 g/mol. The highest BCUT2D eigenvalue weighted by molar-refractivity contribution is 7.99. The van der Waals surface area contributed by atoms with Crippen LogP contribution in [-0.4, -0.2) is 41.6 Å². The van der Waals surface area contributed by atoms with E-state index in [-0.39, 0.29) is 5.97 Å². The molecule has 0 saturated heterocycles. The number of thioether (sulfide) groups is 1. The number of imidazole rings is 1. The summed E-state index contributed by atoms with van der Waals surface area (Å²) in [5, 5.41) is 0.974. The maximum absolute atomic E-state index is 11.3. The minimum atomic E-state index is -0.129. The van der Waals surface area contributed by atoms with Crippen molar-refractivity contribution in [3.63, 3.8) is 0 Å². The lowest BCUT2D eigenvalue weighted by Crippen LogP contribution is -2.06. The van der Waals surface area contributed by atoms with Gasteiger partial charge in [0.05, 0.1) is 24.2 Å². The Kier molecular flexibility index (Phi) is 6.74. The zero-order valence-corrected chi connectivity index (χ0v) is 13.9. The number of benzene rings is 1. The molecule has 0 aliphatic carbocycles. The van der Waals surface area contributed by atoms with E-state index in [1.54, 1.807) is 18.9 Å². The van der Waals surface area contributed by atoms with Crippen LogP contribution in [0.3, 0.4) is 0 Å². The fraction of sp³-hybridized carbons (Fsp3) is 0.500. The molecule has 0 bridgehead atoms. The van der Waals surface area contributed by atoms with Crippen LogP contribution >= 0.6 is 11.8 Å². The number of fused-ring (bicyclic) bond motifs is 1. The maximum Gasteiger partial charge on any atom is 0.305 e. The molecule has 0 atom stereocenters. The summed E-state index contributed by atoms with van der Waals surface area (Å²) in [4.78, 5) is 16.0. The van der Waals surface area contributed by atoms with Crippen molar-refractivity contribution >= 4 is 28.8 Å². The zero-order valence-electron chi connectivity index (χ0n) is 13.1. The summed E-state index contributed by atoms with van der Waals surface area (Å²) >= 11 is 1.67. The van der Waals surface area contributed by atoms with Crippen molar-refractivity contribution in [2.45, 2.75) is 31.5 Å². The first-order chi connectivity index (χ1) is 10.8. The van der Waals surface area contributed by atoms with Crippen LogP contribution in [0.2, 0.25) is 0 Å². The van der Waals surface area contributed by atoms with Crippen molar-refractivity contribution in [2.24, 2.45) is 0 Å². The van der Waals surface area contributed by atoms with Gasteiger partial charge >= 0.3 is 5.97 Å². The number of aromatic nitrogens is 2. The molecule has 5 nitrogen and oxygen atoms in total. The van der Waals surface area contributed by atoms with E-state index in [0.717, 1.165) is 34.9 Å². The molecule has 1 aromatic carbocycles. The molecule has 0 spiro atoms. The molecule has 0 saturated carbocycles. The summed E-state index contributed by atoms with van der Waals surface area (Å²) in [6.07, 6.45) is 1.25. The lowest BCUT2D eigenvalue weighted by atomic mass is 10.3. The molecule has 6 heteroatoms. The molecule has 0 aliphatic rings. The van der Waals surface area contributed by atoms with Crippen molar-refractivity contribution in [1.29, 1.82) is 0 Å². The average Bonchev–Trinajstić information content (AvgIpc) is 2.87. The van der Waals surface area contributed by atoms with Crippen molar-refractivity contribution in [1.82, 2.24) is 9.55 Å². The number of hydrogen-bond acceptors (Lipinski definition) is 5. The van der Waals surface area contributed by atoms with E-state index in [4.69, 9.17) is 9.47 Å². The molecule has 2 aromatic rings. The second-order valence-corrected chi connectivity index (χ2v) is 5.85. The van der Waals surface area contributed by atoms with Crippen molar-refractivity contribution < 1.29 is 14.3 Å². The summed E-state index contributed by atoms with van der Waals surface area (Å²) in [7, 11) is 1.70. The molecule has 0 radical (unpaired) electrons.